The first-order valence-electron chi connectivity index (χ1n) is 8.57. The molecule has 3 aliphatic rings. The fourth-order valence-corrected chi connectivity index (χ4v) is 4.34. The van der Waals surface area contributed by atoms with E-state index in [1.54, 1.807) is 0 Å². The Hall–Kier alpha value is -1.39. The van der Waals surface area contributed by atoms with Crippen molar-refractivity contribution < 1.29 is 9.53 Å². The van der Waals surface area contributed by atoms with Gasteiger partial charge in [0.05, 0.1) is 12.1 Å². The van der Waals surface area contributed by atoms with Gasteiger partial charge in [0.25, 0.3) is 0 Å². The third-order valence-electron chi connectivity index (χ3n) is 5.47. The Kier molecular flexibility index (Phi) is 3.89. The molecule has 22 heavy (non-hydrogen) atoms. The monoisotopic (exact) mass is 300 g/mol. The van der Waals surface area contributed by atoms with Crippen molar-refractivity contribution in [2.45, 2.75) is 50.3 Å². The summed E-state index contributed by atoms with van der Waals surface area (Å²) in [5.41, 5.74) is 1.02. The number of ether oxygens (including phenoxy) is 1. The average Bonchev–Trinajstić information content (AvgIpc) is 3.16. The minimum absolute atomic E-state index is 0.0236. The van der Waals surface area contributed by atoms with E-state index in [1.165, 1.54) is 19.3 Å². The number of carbonyl (C=O) groups excluding carboxylic acids is 1. The van der Waals surface area contributed by atoms with E-state index >= 15 is 0 Å². The molecule has 1 aliphatic carbocycles. The lowest BCUT2D eigenvalue weighted by molar-refractivity contribution is -0.119. The maximum absolute atomic E-state index is 12.7. The molecule has 0 spiro atoms. The quantitative estimate of drug-likeness (QED) is 0.931. The molecule has 2 heterocycles. The van der Waals surface area contributed by atoms with Gasteiger partial charge in [0.2, 0.25) is 5.91 Å². The number of para-hydroxylation sites is 1. The summed E-state index contributed by atoms with van der Waals surface area (Å²) in [6, 6.07) is 10.4. The molecular formula is C18H24N2O2. The van der Waals surface area contributed by atoms with Crippen LogP contribution in [0.15, 0.2) is 30.3 Å². The molecule has 0 unspecified atom stereocenters. The molecule has 1 aromatic carbocycles. The number of nitrogens with one attached hydrogen (secondary N) is 1. The lowest BCUT2D eigenvalue weighted by atomic mass is 9.81. The largest absolute Gasteiger partial charge is 0.378 e. The molecule has 0 aromatic heterocycles. The number of benzene rings is 1. The molecule has 4 atom stereocenters. The standard InChI is InChI=1S/C18H24N2O2/c21-18-16(9-11-20(18)13-5-2-1-3-6-13)19-15-7-4-8-17-14(15)10-12-22-17/h1-3,5-6,14-17,19H,4,7-12H2/t14-,15+,16+,17+/m0/s1. The first-order valence-corrected chi connectivity index (χ1v) is 8.57. The second-order valence-corrected chi connectivity index (χ2v) is 6.73. The molecule has 0 bridgehead atoms. The van der Waals surface area contributed by atoms with Crippen LogP contribution >= 0.6 is 0 Å². The maximum atomic E-state index is 12.7. The number of anilines is 1. The number of carbonyl (C=O) groups is 1. The number of hydrogen-bond donors (Lipinski definition) is 1. The van der Waals surface area contributed by atoms with Crippen molar-refractivity contribution in [3.05, 3.63) is 30.3 Å². The van der Waals surface area contributed by atoms with Crippen LogP contribution in [0, 0.1) is 5.92 Å². The predicted octanol–water partition coefficient (Wildman–Crippen LogP) is 2.34. The zero-order valence-corrected chi connectivity index (χ0v) is 12.9. The highest BCUT2D eigenvalue weighted by Crippen LogP contribution is 2.35. The highest BCUT2D eigenvalue weighted by Gasteiger charge is 2.41. The van der Waals surface area contributed by atoms with E-state index in [9.17, 15) is 4.79 Å². The van der Waals surface area contributed by atoms with Gasteiger partial charge in [0.1, 0.15) is 0 Å². The average molecular weight is 300 g/mol. The lowest BCUT2D eigenvalue weighted by Gasteiger charge is -2.34. The van der Waals surface area contributed by atoms with Crippen LogP contribution in [0.4, 0.5) is 5.69 Å². The molecule has 2 saturated heterocycles. The zero-order chi connectivity index (χ0) is 14.9. The van der Waals surface area contributed by atoms with Crippen molar-refractivity contribution in [2.24, 2.45) is 5.92 Å². The Morgan fingerprint density at radius 1 is 1.09 bits per heavy atom. The summed E-state index contributed by atoms with van der Waals surface area (Å²) in [4.78, 5) is 14.6. The minimum atomic E-state index is -0.0236. The molecule has 1 aromatic rings. The van der Waals surface area contributed by atoms with E-state index in [2.05, 4.69) is 5.32 Å². The molecular weight excluding hydrogens is 276 g/mol. The van der Waals surface area contributed by atoms with Gasteiger partial charge in [-0.15, -0.1) is 0 Å². The Morgan fingerprint density at radius 2 is 1.95 bits per heavy atom. The molecule has 2 aliphatic heterocycles. The van der Waals surface area contributed by atoms with E-state index in [4.69, 9.17) is 4.74 Å². The fourth-order valence-electron chi connectivity index (χ4n) is 4.34. The van der Waals surface area contributed by atoms with Crippen molar-refractivity contribution in [3.8, 4) is 0 Å². The second-order valence-electron chi connectivity index (χ2n) is 6.73. The van der Waals surface area contributed by atoms with Gasteiger partial charge in [-0.3, -0.25) is 4.79 Å². The van der Waals surface area contributed by atoms with Gasteiger partial charge in [-0.1, -0.05) is 18.2 Å². The minimum Gasteiger partial charge on any atom is -0.378 e. The van der Waals surface area contributed by atoms with Crippen LogP contribution in [0.1, 0.15) is 32.1 Å². The van der Waals surface area contributed by atoms with E-state index in [-0.39, 0.29) is 11.9 Å². The molecule has 0 radical (unpaired) electrons. The molecule has 118 valence electrons. The van der Waals surface area contributed by atoms with Crippen LogP contribution in [-0.2, 0) is 9.53 Å². The number of amides is 1. The number of rotatable bonds is 3. The SMILES string of the molecule is O=C1[C@H](N[C@@H]2CCC[C@H]3OCC[C@@H]23)CCN1c1ccccc1. The summed E-state index contributed by atoms with van der Waals surface area (Å²) in [7, 11) is 0. The van der Waals surface area contributed by atoms with Crippen LogP contribution < -0.4 is 10.2 Å². The van der Waals surface area contributed by atoms with Gasteiger partial charge in [-0.2, -0.15) is 0 Å². The van der Waals surface area contributed by atoms with Gasteiger partial charge >= 0.3 is 0 Å². The molecule has 4 heteroatoms. The van der Waals surface area contributed by atoms with E-state index in [0.29, 0.717) is 18.1 Å². The topological polar surface area (TPSA) is 41.6 Å². The number of nitrogens with zero attached hydrogens (tertiary/aromatic N) is 1. The van der Waals surface area contributed by atoms with Gasteiger partial charge < -0.3 is 15.0 Å². The van der Waals surface area contributed by atoms with E-state index in [1.807, 2.05) is 35.2 Å². The molecule has 4 nitrogen and oxygen atoms in total. The van der Waals surface area contributed by atoms with Crippen molar-refractivity contribution in [1.82, 2.24) is 5.32 Å². The Labute approximate surface area is 131 Å². The third-order valence-corrected chi connectivity index (χ3v) is 5.47. The van der Waals surface area contributed by atoms with Gasteiger partial charge in [0.15, 0.2) is 0 Å². The van der Waals surface area contributed by atoms with Gasteiger partial charge in [-0.25, -0.2) is 0 Å². The molecule has 4 rings (SSSR count). The zero-order valence-electron chi connectivity index (χ0n) is 12.9. The Morgan fingerprint density at radius 3 is 2.82 bits per heavy atom. The molecule has 3 fully saturated rings. The highest BCUT2D eigenvalue weighted by molar-refractivity contribution is 5.99. The van der Waals surface area contributed by atoms with Gasteiger partial charge in [0, 0.05) is 30.8 Å². The summed E-state index contributed by atoms with van der Waals surface area (Å²) in [5, 5.41) is 3.67. The summed E-state index contributed by atoms with van der Waals surface area (Å²) in [6.07, 6.45) is 6.06. The normalized spacial score (nSPS) is 34.9. The number of fused-ring (bicyclic) bond motifs is 1. The van der Waals surface area contributed by atoms with Crippen LogP contribution in [0.5, 0.6) is 0 Å². The first-order chi connectivity index (χ1) is 10.8. The summed E-state index contributed by atoms with van der Waals surface area (Å²) in [5.74, 6) is 0.833. The van der Waals surface area contributed by atoms with Crippen molar-refractivity contribution >= 4 is 11.6 Å². The predicted molar refractivity (Wildman–Crippen MR) is 85.8 cm³/mol. The highest BCUT2D eigenvalue weighted by atomic mass is 16.5. The molecule has 1 N–H and O–H groups in total. The van der Waals surface area contributed by atoms with E-state index < -0.39 is 0 Å². The second kappa shape index (κ2) is 6.01. The van der Waals surface area contributed by atoms with E-state index in [0.717, 1.165) is 31.7 Å². The van der Waals surface area contributed by atoms with Crippen molar-refractivity contribution in [2.75, 3.05) is 18.1 Å². The Bertz CT molecular complexity index is 533. The smallest absolute Gasteiger partial charge is 0.244 e. The van der Waals surface area contributed by atoms with Crippen LogP contribution in [0.2, 0.25) is 0 Å². The molecule has 1 amide bonds. The van der Waals surface area contributed by atoms with Crippen LogP contribution in [-0.4, -0.2) is 37.2 Å². The fraction of sp³-hybridized carbons (Fsp3) is 0.611. The van der Waals surface area contributed by atoms with Crippen molar-refractivity contribution in [1.29, 1.82) is 0 Å². The Balaban J connectivity index is 1.43. The summed E-state index contributed by atoms with van der Waals surface area (Å²) < 4.78 is 5.83. The van der Waals surface area contributed by atoms with Crippen LogP contribution in [0.25, 0.3) is 0 Å². The van der Waals surface area contributed by atoms with Crippen LogP contribution in [0.3, 0.4) is 0 Å². The lowest BCUT2D eigenvalue weighted by Crippen LogP contribution is -2.50. The first kappa shape index (κ1) is 14.2. The maximum Gasteiger partial charge on any atom is 0.244 e. The third kappa shape index (κ3) is 2.55. The number of hydrogen-bond acceptors (Lipinski definition) is 3. The summed E-state index contributed by atoms with van der Waals surface area (Å²) >= 11 is 0. The van der Waals surface area contributed by atoms with Crippen molar-refractivity contribution in [3.63, 3.8) is 0 Å². The summed E-state index contributed by atoms with van der Waals surface area (Å²) in [6.45, 7) is 1.71. The molecule has 1 saturated carbocycles. The van der Waals surface area contributed by atoms with Gasteiger partial charge in [-0.05, 0) is 44.2 Å².